The van der Waals surface area contributed by atoms with Gasteiger partial charge in [0.1, 0.15) is 11.5 Å². The molecule has 138 valence electrons. The lowest BCUT2D eigenvalue weighted by molar-refractivity contribution is 0.0950. The molecule has 7 heteroatoms. The van der Waals surface area contributed by atoms with E-state index in [1.165, 1.54) is 5.56 Å². The Bertz CT molecular complexity index is 972. The standard InChI is InChI=1S/C20H20ClN5O/c21-15-3-1-13(2-4-15)14-9-16-17(18(27)23-10-14)25-19(24-16)20(5-6-20)11-26-8-7-22-12-26/h1-4,7-8,12,14H,5-6,9-11H2,(H,23,27)(H,24,25). The molecular weight excluding hydrogens is 362 g/mol. The van der Waals surface area contributed by atoms with Gasteiger partial charge in [-0.25, -0.2) is 9.97 Å². The van der Waals surface area contributed by atoms with Crippen LogP contribution in [0.3, 0.4) is 0 Å². The van der Waals surface area contributed by atoms with E-state index in [0.717, 1.165) is 42.3 Å². The lowest BCUT2D eigenvalue weighted by Gasteiger charge is -2.16. The summed E-state index contributed by atoms with van der Waals surface area (Å²) in [7, 11) is 0. The van der Waals surface area contributed by atoms with E-state index in [0.29, 0.717) is 12.2 Å². The van der Waals surface area contributed by atoms with Crippen molar-refractivity contribution in [2.75, 3.05) is 6.54 Å². The van der Waals surface area contributed by atoms with Crippen molar-refractivity contribution in [1.29, 1.82) is 0 Å². The molecule has 1 fully saturated rings. The van der Waals surface area contributed by atoms with Crippen LogP contribution in [0.15, 0.2) is 43.0 Å². The zero-order chi connectivity index (χ0) is 18.4. The Morgan fingerprint density at radius 2 is 2.07 bits per heavy atom. The highest BCUT2D eigenvalue weighted by molar-refractivity contribution is 6.30. The minimum absolute atomic E-state index is 0.0110. The fraction of sp³-hybridized carbons (Fsp3) is 0.350. The maximum absolute atomic E-state index is 12.6. The number of halogens is 1. The molecular formula is C20H20ClN5O. The van der Waals surface area contributed by atoms with Gasteiger partial charge in [-0.15, -0.1) is 0 Å². The van der Waals surface area contributed by atoms with Crippen LogP contribution in [0.25, 0.3) is 0 Å². The van der Waals surface area contributed by atoms with Crippen LogP contribution in [0.5, 0.6) is 0 Å². The third-order valence-electron chi connectivity index (χ3n) is 5.70. The smallest absolute Gasteiger partial charge is 0.271 e. The van der Waals surface area contributed by atoms with Gasteiger partial charge in [-0.2, -0.15) is 0 Å². The predicted molar refractivity (Wildman–Crippen MR) is 102 cm³/mol. The Balaban J connectivity index is 1.45. The molecule has 0 saturated heterocycles. The number of amides is 1. The van der Waals surface area contributed by atoms with Crippen molar-refractivity contribution in [3.63, 3.8) is 0 Å². The third-order valence-corrected chi connectivity index (χ3v) is 5.95. The van der Waals surface area contributed by atoms with Gasteiger partial charge < -0.3 is 14.9 Å². The molecule has 1 aliphatic carbocycles. The lowest BCUT2D eigenvalue weighted by Crippen LogP contribution is -2.27. The van der Waals surface area contributed by atoms with Crippen molar-refractivity contribution in [2.24, 2.45) is 0 Å². The van der Waals surface area contributed by atoms with Gasteiger partial charge in [-0.1, -0.05) is 23.7 Å². The van der Waals surface area contributed by atoms with Crippen LogP contribution in [0.4, 0.5) is 0 Å². The predicted octanol–water partition coefficient (Wildman–Crippen LogP) is 3.06. The Hall–Kier alpha value is -2.60. The Kier molecular flexibility index (Phi) is 3.82. The molecule has 3 heterocycles. The molecule has 0 radical (unpaired) electrons. The quantitative estimate of drug-likeness (QED) is 0.729. The van der Waals surface area contributed by atoms with Crippen LogP contribution in [0.2, 0.25) is 5.02 Å². The molecule has 3 aromatic rings. The van der Waals surface area contributed by atoms with Crippen LogP contribution in [0, 0.1) is 0 Å². The topological polar surface area (TPSA) is 75.6 Å². The first-order valence-electron chi connectivity index (χ1n) is 9.22. The van der Waals surface area contributed by atoms with Crippen LogP contribution in [-0.4, -0.2) is 32.0 Å². The van der Waals surface area contributed by atoms with E-state index in [4.69, 9.17) is 16.6 Å². The molecule has 6 nitrogen and oxygen atoms in total. The summed E-state index contributed by atoms with van der Waals surface area (Å²) >= 11 is 6.01. The SMILES string of the molecule is O=C1NCC(c2ccc(Cl)cc2)Cc2[nH]c(C3(Cn4ccnc4)CC3)nc21. The summed E-state index contributed by atoms with van der Waals surface area (Å²) < 4.78 is 2.08. The molecule has 27 heavy (non-hydrogen) atoms. The van der Waals surface area contributed by atoms with Crippen LogP contribution >= 0.6 is 11.6 Å². The number of aromatic amines is 1. The minimum atomic E-state index is -0.0950. The number of hydrogen-bond donors (Lipinski definition) is 2. The number of carbonyl (C=O) groups excluding carboxylic acids is 1. The molecule has 1 amide bonds. The normalized spacial score (nSPS) is 20.6. The Labute approximate surface area is 162 Å². The summed E-state index contributed by atoms with van der Waals surface area (Å²) in [6.45, 7) is 1.43. The fourth-order valence-electron chi connectivity index (χ4n) is 3.94. The number of rotatable bonds is 4. The number of nitrogens with zero attached hydrogens (tertiary/aromatic N) is 3. The minimum Gasteiger partial charge on any atom is -0.350 e. The zero-order valence-corrected chi connectivity index (χ0v) is 15.5. The highest BCUT2D eigenvalue weighted by Gasteiger charge is 2.48. The first-order valence-corrected chi connectivity index (χ1v) is 9.59. The number of imidazole rings is 2. The average Bonchev–Trinajstić information content (AvgIpc) is 3.10. The van der Waals surface area contributed by atoms with Gasteiger partial charge in [0.25, 0.3) is 5.91 Å². The highest BCUT2D eigenvalue weighted by Crippen LogP contribution is 2.48. The van der Waals surface area contributed by atoms with E-state index in [-0.39, 0.29) is 17.2 Å². The number of carbonyl (C=O) groups is 1. The third kappa shape index (κ3) is 3.04. The molecule has 1 aromatic carbocycles. The molecule has 1 atom stereocenters. The van der Waals surface area contributed by atoms with Crippen molar-refractivity contribution in [3.05, 3.63) is 70.8 Å². The van der Waals surface area contributed by atoms with Gasteiger partial charge in [0.2, 0.25) is 0 Å². The van der Waals surface area contributed by atoms with Crippen molar-refractivity contribution in [1.82, 2.24) is 24.8 Å². The van der Waals surface area contributed by atoms with Crippen LogP contribution in [-0.2, 0) is 18.4 Å². The maximum atomic E-state index is 12.6. The molecule has 2 aliphatic rings. The largest absolute Gasteiger partial charge is 0.350 e. The lowest BCUT2D eigenvalue weighted by atomic mass is 9.94. The van der Waals surface area contributed by atoms with Crippen LogP contribution < -0.4 is 5.32 Å². The van der Waals surface area contributed by atoms with Crippen molar-refractivity contribution in [2.45, 2.75) is 37.1 Å². The van der Waals surface area contributed by atoms with Gasteiger partial charge in [0, 0.05) is 47.5 Å². The van der Waals surface area contributed by atoms with E-state index >= 15 is 0 Å². The second-order valence-electron chi connectivity index (χ2n) is 7.59. The number of nitrogens with one attached hydrogen (secondary N) is 2. The molecule has 1 aliphatic heterocycles. The molecule has 1 saturated carbocycles. The molecule has 0 bridgehead atoms. The van der Waals surface area contributed by atoms with E-state index in [2.05, 4.69) is 19.9 Å². The monoisotopic (exact) mass is 381 g/mol. The fourth-order valence-corrected chi connectivity index (χ4v) is 4.06. The summed E-state index contributed by atoms with van der Waals surface area (Å²) in [5.41, 5.74) is 2.63. The second kappa shape index (κ2) is 6.23. The van der Waals surface area contributed by atoms with E-state index < -0.39 is 0 Å². The second-order valence-corrected chi connectivity index (χ2v) is 8.03. The summed E-state index contributed by atoms with van der Waals surface area (Å²) in [5, 5.41) is 3.74. The van der Waals surface area contributed by atoms with Crippen LogP contribution in [0.1, 0.15) is 46.3 Å². The summed E-state index contributed by atoms with van der Waals surface area (Å²) in [6, 6.07) is 7.85. The molecule has 5 rings (SSSR count). The maximum Gasteiger partial charge on any atom is 0.271 e. The summed E-state index contributed by atoms with van der Waals surface area (Å²) in [5.74, 6) is 1.03. The number of fused-ring (bicyclic) bond motifs is 1. The van der Waals surface area contributed by atoms with Gasteiger partial charge in [-0.3, -0.25) is 4.79 Å². The number of H-pyrrole nitrogens is 1. The summed E-state index contributed by atoms with van der Waals surface area (Å²) in [4.78, 5) is 24.9. The summed E-state index contributed by atoms with van der Waals surface area (Å²) in [6.07, 6.45) is 8.48. The molecule has 0 spiro atoms. The van der Waals surface area contributed by atoms with E-state index in [9.17, 15) is 4.79 Å². The molecule has 2 aromatic heterocycles. The van der Waals surface area contributed by atoms with Crippen molar-refractivity contribution >= 4 is 17.5 Å². The first kappa shape index (κ1) is 16.6. The van der Waals surface area contributed by atoms with Gasteiger partial charge >= 0.3 is 0 Å². The van der Waals surface area contributed by atoms with Gasteiger partial charge in [0.05, 0.1) is 6.33 Å². The zero-order valence-electron chi connectivity index (χ0n) is 14.8. The Morgan fingerprint density at radius 3 is 2.78 bits per heavy atom. The number of hydrogen-bond acceptors (Lipinski definition) is 3. The Morgan fingerprint density at radius 1 is 1.26 bits per heavy atom. The van der Waals surface area contributed by atoms with E-state index in [1.54, 1.807) is 6.20 Å². The highest BCUT2D eigenvalue weighted by atomic mass is 35.5. The first-order chi connectivity index (χ1) is 13.1. The van der Waals surface area contributed by atoms with Crippen molar-refractivity contribution < 1.29 is 4.79 Å². The average molecular weight is 382 g/mol. The van der Waals surface area contributed by atoms with E-state index in [1.807, 2.05) is 36.8 Å². The van der Waals surface area contributed by atoms with Gasteiger partial charge in [-0.05, 0) is 37.0 Å². The molecule has 2 N–H and O–H groups in total. The number of benzene rings is 1. The molecule has 1 unspecified atom stereocenters. The van der Waals surface area contributed by atoms with Crippen molar-refractivity contribution in [3.8, 4) is 0 Å². The van der Waals surface area contributed by atoms with Gasteiger partial charge in [0.15, 0.2) is 0 Å². The number of aromatic nitrogens is 4.